The predicted molar refractivity (Wildman–Crippen MR) is 75.7 cm³/mol. The van der Waals surface area contributed by atoms with Crippen LogP contribution in [0.1, 0.15) is 17.3 Å². The number of likely N-dealkylation sites (N-methyl/N-ethyl adjacent to an activating group) is 1. The molecule has 0 bridgehead atoms. The molecule has 0 radical (unpaired) electrons. The van der Waals surface area contributed by atoms with Gasteiger partial charge in [0.15, 0.2) is 6.29 Å². The summed E-state index contributed by atoms with van der Waals surface area (Å²) in [6.45, 7) is 4.15. The molecule has 1 aromatic carbocycles. The fourth-order valence-electron chi connectivity index (χ4n) is 2.74. The van der Waals surface area contributed by atoms with E-state index in [9.17, 15) is 4.79 Å². The maximum Gasteiger partial charge on any atom is 0.153 e. The third-order valence-corrected chi connectivity index (χ3v) is 4.05. The smallest absolute Gasteiger partial charge is 0.153 e. The number of carbonyl (C=O) groups is 1. The van der Waals surface area contributed by atoms with E-state index in [4.69, 9.17) is 11.6 Å². The first-order valence-electron chi connectivity index (χ1n) is 6.19. The van der Waals surface area contributed by atoms with Crippen LogP contribution in [0.3, 0.4) is 0 Å². The number of hydrogen-bond acceptors (Lipinski definition) is 3. The topological polar surface area (TPSA) is 23.6 Å². The molecule has 1 aliphatic heterocycles. The molecule has 1 heterocycles. The summed E-state index contributed by atoms with van der Waals surface area (Å²) in [6.07, 6.45) is 0.852. The monoisotopic (exact) mass is 266 g/mol. The molecule has 1 fully saturated rings. The normalized spacial score (nSPS) is 23.7. The molecule has 98 valence electrons. The fourth-order valence-corrected chi connectivity index (χ4v) is 2.95. The van der Waals surface area contributed by atoms with Crippen molar-refractivity contribution in [1.82, 2.24) is 4.90 Å². The van der Waals surface area contributed by atoms with Crippen molar-refractivity contribution in [3.8, 4) is 0 Å². The quantitative estimate of drug-likeness (QED) is 0.786. The Kier molecular flexibility index (Phi) is 3.93. The highest BCUT2D eigenvalue weighted by atomic mass is 35.5. The van der Waals surface area contributed by atoms with Crippen LogP contribution < -0.4 is 4.90 Å². The minimum atomic E-state index is 0.517. The van der Waals surface area contributed by atoms with Gasteiger partial charge in [0.1, 0.15) is 0 Å². The molecule has 2 unspecified atom stereocenters. The Morgan fingerprint density at radius 2 is 2.11 bits per heavy atom. The van der Waals surface area contributed by atoms with Crippen molar-refractivity contribution >= 4 is 23.6 Å². The van der Waals surface area contributed by atoms with Crippen molar-refractivity contribution in [3.63, 3.8) is 0 Å². The van der Waals surface area contributed by atoms with Gasteiger partial charge in [-0.25, -0.2) is 0 Å². The van der Waals surface area contributed by atoms with E-state index in [-0.39, 0.29) is 0 Å². The molecule has 0 saturated carbocycles. The van der Waals surface area contributed by atoms with Gasteiger partial charge in [-0.3, -0.25) is 4.79 Å². The van der Waals surface area contributed by atoms with Gasteiger partial charge < -0.3 is 9.80 Å². The molecular weight excluding hydrogens is 248 g/mol. The van der Waals surface area contributed by atoms with Gasteiger partial charge in [0, 0.05) is 24.8 Å². The van der Waals surface area contributed by atoms with E-state index in [2.05, 4.69) is 30.8 Å². The minimum absolute atomic E-state index is 0.517. The van der Waals surface area contributed by atoms with Crippen molar-refractivity contribution < 1.29 is 4.79 Å². The molecule has 1 aromatic rings. The highest BCUT2D eigenvalue weighted by molar-refractivity contribution is 6.33. The SMILES string of the molecule is CC1CN(c2cccc(Cl)c2C=O)CC1N(C)C. The number of carbonyl (C=O) groups excluding carboxylic acids is 1. The number of benzene rings is 1. The average molecular weight is 267 g/mol. The highest BCUT2D eigenvalue weighted by Gasteiger charge is 2.32. The summed E-state index contributed by atoms with van der Waals surface area (Å²) < 4.78 is 0. The van der Waals surface area contributed by atoms with Crippen molar-refractivity contribution in [1.29, 1.82) is 0 Å². The number of nitrogens with zero attached hydrogens (tertiary/aromatic N) is 2. The molecular formula is C14H19ClN2O. The van der Waals surface area contributed by atoms with E-state index >= 15 is 0 Å². The van der Waals surface area contributed by atoms with Gasteiger partial charge in [0.2, 0.25) is 0 Å². The summed E-state index contributed by atoms with van der Waals surface area (Å²) in [7, 11) is 4.20. The van der Waals surface area contributed by atoms with Crippen molar-refractivity contribution in [2.75, 3.05) is 32.1 Å². The summed E-state index contributed by atoms with van der Waals surface area (Å²) in [5.74, 6) is 0.582. The predicted octanol–water partition coefficient (Wildman–Crippen LogP) is 2.54. The number of hydrogen-bond donors (Lipinski definition) is 0. The maximum absolute atomic E-state index is 11.2. The third kappa shape index (κ3) is 2.38. The molecule has 18 heavy (non-hydrogen) atoms. The summed E-state index contributed by atoms with van der Waals surface area (Å²) in [4.78, 5) is 15.7. The second-order valence-electron chi connectivity index (χ2n) is 5.20. The summed E-state index contributed by atoms with van der Waals surface area (Å²) in [6, 6.07) is 6.15. The highest BCUT2D eigenvalue weighted by Crippen LogP contribution is 2.31. The molecule has 2 atom stereocenters. The average Bonchev–Trinajstić information content (AvgIpc) is 2.71. The van der Waals surface area contributed by atoms with Gasteiger partial charge in [-0.1, -0.05) is 24.6 Å². The van der Waals surface area contributed by atoms with Gasteiger partial charge >= 0.3 is 0 Å². The van der Waals surface area contributed by atoms with Crippen LogP contribution in [0, 0.1) is 5.92 Å². The van der Waals surface area contributed by atoms with E-state index in [0.29, 0.717) is 22.5 Å². The molecule has 0 N–H and O–H groups in total. The first-order valence-corrected chi connectivity index (χ1v) is 6.57. The lowest BCUT2D eigenvalue weighted by molar-refractivity contribution is 0.112. The molecule has 1 aliphatic rings. The van der Waals surface area contributed by atoms with E-state index in [1.165, 1.54) is 0 Å². The van der Waals surface area contributed by atoms with Gasteiger partial charge in [-0.2, -0.15) is 0 Å². The zero-order chi connectivity index (χ0) is 13.3. The third-order valence-electron chi connectivity index (χ3n) is 3.72. The van der Waals surface area contributed by atoms with Crippen LogP contribution in [0.2, 0.25) is 5.02 Å². The lowest BCUT2D eigenvalue weighted by atomic mass is 10.1. The molecule has 0 amide bonds. The Bertz CT molecular complexity index is 447. The Hall–Kier alpha value is -1.06. The van der Waals surface area contributed by atoms with Crippen LogP contribution in [0.4, 0.5) is 5.69 Å². The molecule has 0 spiro atoms. The van der Waals surface area contributed by atoms with Crippen LogP contribution in [0.5, 0.6) is 0 Å². The van der Waals surface area contributed by atoms with E-state index in [0.717, 1.165) is 25.1 Å². The van der Waals surface area contributed by atoms with Crippen LogP contribution in [-0.2, 0) is 0 Å². The van der Waals surface area contributed by atoms with Crippen LogP contribution in [0.15, 0.2) is 18.2 Å². The first kappa shape index (κ1) is 13.4. The van der Waals surface area contributed by atoms with Crippen molar-refractivity contribution in [2.24, 2.45) is 5.92 Å². The standard InChI is InChI=1S/C14H19ClN2O/c1-10-7-17(8-14(10)16(2)3)13-6-4-5-12(15)11(13)9-18/h4-6,9-10,14H,7-8H2,1-3H3. The van der Waals surface area contributed by atoms with Gasteiger partial charge in [0.25, 0.3) is 0 Å². The molecule has 4 heteroatoms. The molecule has 3 nitrogen and oxygen atoms in total. The summed E-state index contributed by atoms with van der Waals surface area (Å²) >= 11 is 6.07. The number of rotatable bonds is 3. The lowest BCUT2D eigenvalue weighted by Gasteiger charge is -2.23. The van der Waals surface area contributed by atoms with E-state index < -0.39 is 0 Å². The lowest BCUT2D eigenvalue weighted by Crippen LogP contribution is -2.34. The molecule has 0 aliphatic carbocycles. The van der Waals surface area contributed by atoms with Gasteiger partial charge in [0.05, 0.1) is 10.6 Å². The fraction of sp³-hybridized carbons (Fsp3) is 0.500. The van der Waals surface area contributed by atoms with Crippen LogP contribution in [0.25, 0.3) is 0 Å². The Morgan fingerprint density at radius 1 is 1.39 bits per heavy atom. The Labute approximate surface area is 113 Å². The van der Waals surface area contributed by atoms with E-state index in [1.54, 1.807) is 6.07 Å². The van der Waals surface area contributed by atoms with Gasteiger partial charge in [-0.05, 0) is 32.1 Å². The number of aldehydes is 1. The second kappa shape index (κ2) is 5.29. The van der Waals surface area contributed by atoms with Gasteiger partial charge in [-0.15, -0.1) is 0 Å². The second-order valence-corrected chi connectivity index (χ2v) is 5.61. The Balaban J connectivity index is 2.29. The molecule has 1 saturated heterocycles. The number of anilines is 1. The zero-order valence-electron chi connectivity index (χ0n) is 11.1. The maximum atomic E-state index is 11.2. The number of halogens is 1. The summed E-state index contributed by atoms with van der Waals surface area (Å²) in [5, 5.41) is 0.531. The Morgan fingerprint density at radius 3 is 2.67 bits per heavy atom. The van der Waals surface area contributed by atoms with Crippen LogP contribution in [-0.4, -0.2) is 44.4 Å². The molecule has 0 aromatic heterocycles. The first-order chi connectivity index (χ1) is 8.54. The van der Waals surface area contributed by atoms with E-state index in [1.807, 2.05) is 12.1 Å². The summed E-state index contributed by atoms with van der Waals surface area (Å²) in [5.41, 5.74) is 1.56. The largest absolute Gasteiger partial charge is 0.369 e. The molecule has 2 rings (SSSR count). The minimum Gasteiger partial charge on any atom is -0.369 e. The zero-order valence-corrected chi connectivity index (χ0v) is 11.8. The van der Waals surface area contributed by atoms with Crippen molar-refractivity contribution in [2.45, 2.75) is 13.0 Å². The van der Waals surface area contributed by atoms with Crippen LogP contribution >= 0.6 is 11.6 Å². The van der Waals surface area contributed by atoms with Crippen molar-refractivity contribution in [3.05, 3.63) is 28.8 Å².